The summed E-state index contributed by atoms with van der Waals surface area (Å²) in [6.45, 7) is 1.74. The maximum absolute atomic E-state index is 6.01. The van der Waals surface area contributed by atoms with Crippen molar-refractivity contribution in [2.45, 2.75) is 31.7 Å². The Kier molecular flexibility index (Phi) is 3.64. The third kappa shape index (κ3) is 3.44. The molecule has 0 aliphatic heterocycles. The van der Waals surface area contributed by atoms with Gasteiger partial charge in [0.15, 0.2) is 0 Å². The average Bonchev–Trinajstić information content (AvgIpc) is 3.12. The smallest absolute Gasteiger partial charge is 0.135 e. The van der Waals surface area contributed by atoms with Gasteiger partial charge >= 0.3 is 0 Å². The first-order chi connectivity index (χ1) is 9.31. The molecule has 6 heteroatoms. The van der Waals surface area contributed by atoms with Crippen molar-refractivity contribution >= 4 is 17.4 Å². The van der Waals surface area contributed by atoms with Gasteiger partial charge in [-0.15, -0.1) is 0 Å². The fourth-order valence-electron chi connectivity index (χ4n) is 1.94. The fourth-order valence-corrected chi connectivity index (χ4v) is 2.13. The molecule has 0 aromatic carbocycles. The zero-order valence-electron chi connectivity index (χ0n) is 10.6. The summed E-state index contributed by atoms with van der Waals surface area (Å²) in [7, 11) is 0. The van der Waals surface area contributed by atoms with E-state index in [0.29, 0.717) is 11.1 Å². The van der Waals surface area contributed by atoms with Crippen LogP contribution in [0.5, 0.6) is 0 Å². The minimum atomic E-state index is 0.517. The van der Waals surface area contributed by atoms with Crippen LogP contribution in [-0.4, -0.2) is 26.3 Å². The van der Waals surface area contributed by atoms with Gasteiger partial charge in [-0.1, -0.05) is 11.6 Å². The predicted molar refractivity (Wildman–Crippen MR) is 74.4 cm³/mol. The Balaban J connectivity index is 1.51. The van der Waals surface area contributed by atoms with E-state index in [4.69, 9.17) is 11.6 Å². The summed E-state index contributed by atoms with van der Waals surface area (Å²) in [4.78, 5) is 8.77. The van der Waals surface area contributed by atoms with Gasteiger partial charge in [0.05, 0.1) is 0 Å². The van der Waals surface area contributed by atoms with Gasteiger partial charge in [-0.3, -0.25) is 4.68 Å². The van der Waals surface area contributed by atoms with Crippen LogP contribution in [0.3, 0.4) is 0 Å². The van der Waals surface area contributed by atoms with Gasteiger partial charge in [0.1, 0.15) is 16.8 Å². The number of hydrogen-bond acceptors (Lipinski definition) is 4. The molecule has 0 bridgehead atoms. The molecule has 0 atom stereocenters. The molecule has 2 heterocycles. The molecule has 5 nitrogen and oxygen atoms in total. The van der Waals surface area contributed by atoms with Gasteiger partial charge in [-0.05, 0) is 25.3 Å². The minimum absolute atomic E-state index is 0.517. The Morgan fingerprint density at radius 1 is 1.37 bits per heavy atom. The van der Waals surface area contributed by atoms with E-state index in [1.54, 1.807) is 12.3 Å². The van der Waals surface area contributed by atoms with E-state index >= 15 is 0 Å². The van der Waals surface area contributed by atoms with E-state index in [0.717, 1.165) is 31.2 Å². The minimum Gasteiger partial charge on any atom is -0.370 e. The monoisotopic (exact) mass is 277 g/mol. The van der Waals surface area contributed by atoms with Gasteiger partial charge in [-0.25, -0.2) is 9.97 Å². The molecule has 0 unspecified atom stereocenters. The number of aryl methyl sites for hydroxylation is 1. The summed E-state index contributed by atoms with van der Waals surface area (Å²) in [6.07, 6.45) is 7.10. The number of hydrogen-bond donors (Lipinski definition) is 1. The first-order valence-corrected chi connectivity index (χ1v) is 6.95. The Bertz CT molecular complexity index is 536. The first-order valence-electron chi connectivity index (χ1n) is 6.57. The van der Waals surface area contributed by atoms with Gasteiger partial charge in [-0.2, -0.15) is 5.10 Å². The Hall–Kier alpha value is -1.62. The predicted octanol–water partition coefficient (Wildman–Crippen LogP) is 2.71. The molecule has 0 amide bonds. The van der Waals surface area contributed by atoms with Crippen molar-refractivity contribution in [1.29, 1.82) is 0 Å². The van der Waals surface area contributed by atoms with E-state index in [2.05, 4.69) is 20.4 Å². The zero-order valence-corrected chi connectivity index (χ0v) is 11.3. The standard InChI is InChI=1S/C13H16ClN5/c14-11-9-12(18-13(17-11)10-3-4-10)15-5-1-7-19-8-2-6-16-19/h2,6,8-10H,1,3-5,7H2,(H,15,17,18). The van der Waals surface area contributed by atoms with E-state index < -0.39 is 0 Å². The van der Waals surface area contributed by atoms with Crippen molar-refractivity contribution in [1.82, 2.24) is 19.7 Å². The number of nitrogens with zero attached hydrogens (tertiary/aromatic N) is 4. The van der Waals surface area contributed by atoms with Crippen LogP contribution in [0.2, 0.25) is 5.15 Å². The second kappa shape index (κ2) is 5.57. The summed E-state index contributed by atoms with van der Waals surface area (Å²) < 4.78 is 1.92. The van der Waals surface area contributed by atoms with Crippen molar-refractivity contribution < 1.29 is 0 Å². The highest BCUT2D eigenvalue weighted by molar-refractivity contribution is 6.29. The molecular weight excluding hydrogens is 262 g/mol. The van der Waals surface area contributed by atoms with Crippen molar-refractivity contribution in [3.63, 3.8) is 0 Å². The Morgan fingerprint density at radius 3 is 3.00 bits per heavy atom. The Labute approximate surface area is 117 Å². The van der Waals surface area contributed by atoms with E-state index in [9.17, 15) is 0 Å². The maximum atomic E-state index is 6.01. The molecule has 3 rings (SSSR count). The lowest BCUT2D eigenvalue weighted by Crippen LogP contribution is -2.09. The molecule has 2 aromatic rings. The highest BCUT2D eigenvalue weighted by atomic mass is 35.5. The molecule has 0 spiro atoms. The van der Waals surface area contributed by atoms with E-state index in [1.807, 2.05) is 16.9 Å². The lowest BCUT2D eigenvalue weighted by atomic mass is 10.4. The highest BCUT2D eigenvalue weighted by Gasteiger charge is 2.27. The largest absolute Gasteiger partial charge is 0.370 e. The van der Waals surface area contributed by atoms with Gasteiger partial charge in [0.25, 0.3) is 0 Å². The van der Waals surface area contributed by atoms with Crippen molar-refractivity contribution in [2.75, 3.05) is 11.9 Å². The lowest BCUT2D eigenvalue weighted by Gasteiger charge is -2.07. The van der Waals surface area contributed by atoms with Crippen molar-refractivity contribution in [3.05, 3.63) is 35.5 Å². The zero-order chi connectivity index (χ0) is 13.1. The molecule has 1 N–H and O–H groups in total. The molecule has 1 aliphatic carbocycles. The van der Waals surface area contributed by atoms with Crippen LogP contribution >= 0.6 is 11.6 Å². The van der Waals surface area contributed by atoms with Crippen molar-refractivity contribution in [2.24, 2.45) is 0 Å². The molecule has 0 radical (unpaired) electrons. The van der Waals surface area contributed by atoms with Crippen LogP contribution in [-0.2, 0) is 6.54 Å². The molecule has 1 fully saturated rings. The first kappa shape index (κ1) is 12.4. The topological polar surface area (TPSA) is 55.6 Å². The summed E-state index contributed by atoms with van der Waals surface area (Å²) in [6, 6.07) is 3.71. The average molecular weight is 278 g/mol. The Morgan fingerprint density at radius 2 is 2.26 bits per heavy atom. The summed E-state index contributed by atoms with van der Waals surface area (Å²) >= 11 is 6.01. The van der Waals surface area contributed by atoms with Crippen LogP contribution in [0, 0.1) is 0 Å². The second-order valence-electron chi connectivity index (χ2n) is 4.76. The summed E-state index contributed by atoms with van der Waals surface area (Å²) in [5.41, 5.74) is 0. The van der Waals surface area contributed by atoms with Crippen molar-refractivity contribution in [3.8, 4) is 0 Å². The summed E-state index contributed by atoms with van der Waals surface area (Å²) in [5.74, 6) is 2.22. The number of anilines is 1. The SMILES string of the molecule is Clc1cc(NCCCn2cccn2)nc(C2CC2)n1. The number of rotatable bonds is 6. The third-order valence-electron chi connectivity index (χ3n) is 3.08. The van der Waals surface area contributed by atoms with Crippen LogP contribution in [0.1, 0.15) is 31.0 Å². The molecule has 1 saturated carbocycles. The molecule has 2 aromatic heterocycles. The van der Waals surface area contributed by atoms with Crippen LogP contribution < -0.4 is 5.32 Å². The normalized spacial score (nSPS) is 14.6. The molecule has 19 heavy (non-hydrogen) atoms. The highest BCUT2D eigenvalue weighted by Crippen LogP contribution is 2.38. The van der Waals surface area contributed by atoms with Crippen LogP contribution in [0.4, 0.5) is 5.82 Å². The van der Waals surface area contributed by atoms with Crippen LogP contribution in [0.15, 0.2) is 24.5 Å². The third-order valence-corrected chi connectivity index (χ3v) is 3.28. The summed E-state index contributed by atoms with van der Waals surface area (Å²) in [5, 5.41) is 7.98. The molecular formula is C13H16ClN5. The molecule has 1 aliphatic rings. The lowest BCUT2D eigenvalue weighted by molar-refractivity contribution is 0.591. The van der Waals surface area contributed by atoms with E-state index in [-0.39, 0.29) is 0 Å². The van der Waals surface area contributed by atoms with Gasteiger partial charge in [0, 0.05) is 37.5 Å². The maximum Gasteiger partial charge on any atom is 0.135 e. The fraction of sp³-hybridized carbons (Fsp3) is 0.462. The quantitative estimate of drug-likeness (QED) is 0.651. The molecule has 100 valence electrons. The van der Waals surface area contributed by atoms with Gasteiger partial charge in [0.2, 0.25) is 0 Å². The van der Waals surface area contributed by atoms with E-state index in [1.165, 1.54) is 12.8 Å². The molecule has 0 saturated heterocycles. The van der Waals surface area contributed by atoms with Gasteiger partial charge < -0.3 is 5.32 Å². The number of aromatic nitrogens is 4. The number of nitrogens with one attached hydrogen (secondary N) is 1. The van der Waals surface area contributed by atoms with Crippen LogP contribution in [0.25, 0.3) is 0 Å². The number of halogens is 1. The second-order valence-corrected chi connectivity index (χ2v) is 5.15.